The summed E-state index contributed by atoms with van der Waals surface area (Å²) in [6.07, 6.45) is 0. The number of hydrogen-bond donors (Lipinski definition) is 1. The van der Waals surface area contributed by atoms with Gasteiger partial charge in [-0.15, -0.1) is 0 Å². The molecule has 0 amide bonds. The lowest BCUT2D eigenvalue weighted by molar-refractivity contribution is -0.387. The van der Waals surface area contributed by atoms with Crippen LogP contribution in [0.25, 0.3) is 0 Å². The first-order chi connectivity index (χ1) is 14.7. The molecule has 0 saturated heterocycles. The van der Waals surface area contributed by atoms with Gasteiger partial charge in [0.05, 0.1) is 32.5 Å². The van der Waals surface area contributed by atoms with Crippen LogP contribution in [0, 0.1) is 10.1 Å². The summed E-state index contributed by atoms with van der Waals surface area (Å²) in [5.41, 5.74) is -0.698. The Labute approximate surface area is 190 Å². The summed E-state index contributed by atoms with van der Waals surface area (Å²) in [4.78, 5) is 36.4. The van der Waals surface area contributed by atoms with Crippen molar-refractivity contribution in [3.8, 4) is 5.75 Å². The first-order valence-electron chi connectivity index (χ1n) is 8.58. The standard InChI is InChI=1S/C21H13Cl2NO6S/c1-30-12-3-5-14(21(26)27)15(9-12)20(25)11-2-7-19(18(8-11)24(28)29)31-13-4-6-16(22)17(23)10-13/h2-10H,1H3,(H,26,27). The number of carboxylic acid groups (broad SMARTS) is 1. The van der Waals surface area contributed by atoms with E-state index in [-0.39, 0.29) is 33.0 Å². The number of carbonyl (C=O) groups excluding carboxylic acids is 1. The Balaban J connectivity index is 2.03. The number of ether oxygens (including phenoxy) is 1. The highest BCUT2D eigenvalue weighted by atomic mass is 35.5. The number of halogens is 2. The molecule has 3 aromatic carbocycles. The molecule has 3 rings (SSSR count). The molecule has 3 aromatic rings. The van der Waals surface area contributed by atoms with Gasteiger partial charge in [0.15, 0.2) is 5.78 Å². The van der Waals surface area contributed by atoms with Gasteiger partial charge < -0.3 is 9.84 Å². The lowest BCUT2D eigenvalue weighted by atomic mass is 9.97. The minimum atomic E-state index is -1.30. The van der Waals surface area contributed by atoms with Crippen LogP contribution in [0.3, 0.4) is 0 Å². The van der Waals surface area contributed by atoms with Gasteiger partial charge in [0, 0.05) is 22.1 Å². The average molecular weight is 478 g/mol. The molecule has 1 N–H and O–H groups in total. The number of benzene rings is 3. The maximum atomic E-state index is 13.0. The molecule has 0 fully saturated rings. The van der Waals surface area contributed by atoms with Crippen molar-refractivity contribution >= 4 is 52.4 Å². The quantitative estimate of drug-likeness (QED) is 0.253. The van der Waals surface area contributed by atoms with E-state index in [1.807, 2.05) is 0 Å². The Hall–Kier alpha value is -3.07. The monoisotopic (exact) mass is 477 g/mol. The second-order valence-corrected chi connectivity index (χ2v) is 8.09. The Morgan fingerprint density at radius 3 is 2.35 bits per heavy atom. The van der Waals surface area contributed by atoms with E-state index in [2.05, 4.69) is 0 Å². The van der Waals surface area contributed by atoms with Crippen LogP contribution in [0.2, 0.25) is 10.0 Å². The summed E-state index contributed by atoms with van der Waals surface area (Å²) in [7, 11) is 1.38. The van der Waals surface area contributed by atoms with E-state index in [1.165, 1.54) is 37.4 Å². The summed E-state index contributed by atoms with van der Waals surface area (Å²) >= 11 is 13.0. The smallest absolute Gasteiger partial charge is 0.336 e. The fraction of sp³-hybridized carbons (Fsp3) is 0.0476. The number of rotatable bonds is 7. The minimum absolute atomic E-state index is 0.0269. The van der Waals surface area contributed by atoms with Crippen LogP contribution in [0.15, 0.2) is 64.4 Å². The molecule has 31 heavy (non-hydrogen) atoms. The first kappa shape index (κ1) is 22.6. The number of carbonyl (C=O) groups is 2. The second kappa shape index (κ2) is 9.38. The van der Waals surface area contributed by atoms with Gasteiger partial charge in [-0.1, -0.05) is 35.0 Å². The highest BCUT2D eigenvalue weighted by molar-refractivity contribution is 7.99. The number of aromatic carboxylic acids is 1. The van der Waals surface area contributed by atoms with E-state index in [9.17, 15) is 24.8 Å². The van der Waals surface area contributed by atoms with Crippen LogP contribution in [-0.4, -0.2) is 28.9 Å². The summed E-state index contributed by atoms with van der Waals surface area (Å²) in [5, 5.41) is 21.7. The van der Waals surface area contributed by atoms with E-state index in [1.54, 1.807) is 18.2 Å². The Morgan fingerprint density at radius 1 is 1.00 bits per heavy atom. The highest BCUT2D eigenvalue weighted by Gasteiger charge is 2.23. The first-order valence-corrected chi connectivity index (χ1v) is 10.2. The van der Waals surface area contributed by atoms with Crippen molar-refractivity contribution < 1.29 is 24.4 Å². The lowest BCUT2D eigenvalue weighted by Crippen LogP contribution is -2.10. The molecule has 0 heterocycles. The number of nitro benzene ring substituents is 1. The number of nitrogens with zero attached hydrogens (tertiary/aromatic N) is 1. The van der Waals surface area contributed by atoms with Crippen molar-refractivity contribution in [3.05, 3.63) is 91.4 Å². The summed E-state index contributed by atoms with van der Waals surface area (Å²) in [6.45, 7) is 0. The molecule has 0 unspecified atom stereocenters. The normalized spacial score (nSPS) is 10.5. The van der Waals surface area contributed by atoms with Crippen LogP contribution in [0.1, 0.15) is 26.3 Å². The lowest BCUT2D eigenvalue weighted by Gasteiger charge is -2.09. The van der Waals surface area contributed by atoms with Gasteiger partial charge in [0.2, 0.25) is 0 Å². The molecule has 7 nitrogen and oxygen atoms in total. The second-order valence-electron chi connectivity index (χ2n) is 6.16. The minimum Gasteiger partial charge on any atom is -0.497 e. The van der Waals surface area contributed by atoms with Gasteiger partial charge in [0.1, 0.15) is 5.75 Å². The fourth-order valence-corrected chi connectivity index (χ4v) is 4.04. The summed E-state index contributed by atoms with van der Waals surface area (Å²) in [6, 6.07) is 12.7. The Bertz CT molecular complexity index is 1210. The molecule has 0 aliphatic carbocycles. The van der Waals surface area contributed by atoms with E-state index in [0.717, 1.165) is 17.8 Å². The zero-order valence-electron chi connectivity index (χ0n) is 15.8. The molecular weight excluding hydrogens is 465 g/mol. The molecule has 0 bridgehead atoms. The molecule has 10 heteroatoms. The van der Waals surface area contributed by atoms with Crippen molar-refractivity contribution in [2.45, 2.75) is 9.79 Å². The molecule has 158 valence electrons. The van der Waals surface area contributed by atoms with Crippen LogP contribution >= 0.6 is 35.0 Å². The zero-order chi connectivity index (χ0) is 22.7. The SMILES string of the molecule is COc1ccc(C(=O)O)c(C(=O)c2ccc(Sc3ccc(Cl)c(Cl)c3)c([N+](=O)[O-])c2)c1. The summed E-state index contributed by atoms with van der Waals surface area (Å²) in [5.74, 6) is -1.69. The predicted octanol–water partition coefficient (Wildman–Crippen LogP) is 5.99. The Kier molecular flexibility index (Phi) is 6.84. The van der Waals surface area contributed by atoms with Crippen molar-refractivity contribution in [1.82, 2.24) is 0 Å². The molecule has 0 aliphatic heterocycles. The maximum Gasteiger partial charge on any atom is 0.336 e. The molecule has 0 saturated carbocycles. The van der Waals surface area contributed by atoms with Crippen LogP contribution in [0.5, 0.6) is 5.75 Å². The summed E-state index contributed by atoms with van der Waals surface area (Å²) < 4.78 is 5.06. The molecule has 0 atom stereocenters. The third-order valence-corrected chi connectivity index (χ3v) is 6.03. The topological polar surface area (TPSA) is 107 Å². The highest BCUT2D eigenvalue weighted by Crippen LogP contribution is 2.38. The van der Waals surface area contributed by atoms with Gasteiger partial charge in [-0.2, -0.15) is 0 Å². The third-order valence-electron chi connectivity index (χ3n) is 4.24. The molecule has 0 radical (unpaired) electrons. The number of methoxy groups -OCH3 is 1. The number of nitro groups is 1. The van der Waals surface area contributed by atoms with Crippen molar-refractivity contribution in [2.24, 2.45) is 0 Å². The van der Waals surface area contributed by atoms with Gasteiger partial charge in [-0.3, -0.25) is 14.9 Å². The molecule has 0 aliphatic rings. The van der Waals surface area contributed by atoms with Crippen molar-refractivity contribution in [2.75, 3.05) is 7.11 Å². The molecule has 0 spiro atoms. The van der Waals surface area contributed by atoms with Gasteiger partial charge >= 0.3 is 5.97 Å². The van der Waals surface area contributed by atoms with E-state index in [4.69, 9.17) is 27.9 Å². The van der Waals surface area contributed by atoms with Crippen LogP contribution in [0.4, 0.5) is 5.69 Å². The van der Waals surface area contributed by atoms with E-state index < -0.39 is 16.7 Å². The van der Waals surface area contributed by atoms with Gasteiger partial charge in [-0.05, 0) is 48.5 Å². The predicted molar refractivity (Wildman–Crippen MR) is 117 cm³/mol. The largest absolute Gasteiger partial charge is 0.497 e. The molecular formula is C21H13Cl2NO6S. The fourth-order valence-electron chi connectivity index (χ4n) is 2.74. The maximum absolute atomic E-state index is 13.0. The van der Waals surface area contributed by atoms with E-state index in [0.29, 0.717) is 14.9 Å². The number of ketones is 1. The number of hydrogen-bond acceptors (Lipinski definition) is 6. The van der Waals surface area contributed by atoms with Crippen molar-refractivity contribution in [1.29, 1.82) is 0 Å². The average Bonchev–Trinajstić information content (AvgIpc) is 2.75. The third kappa shape index (κ3) is 4.99. The van der Waals surface area contributed by atoms with Crippen LogP contribution in [-0.2, 0) is 0 Å². The zero-order valence-corrected chi connectivity index (χ0v) is 18.1. The van der Waals surface area contributed by atoms with Gasteiger partial charge in [0.25, 0.3) is 5.69 Å². The van der Waals surface area contributed by atoms with Gasteiger partial charge in [-0.25, -0.2) is 4.79 Å². The van der Waals surface area contributed by atoms with E-state index >= 15 is 0 Å². The van der Waals surface area contributed by atoms with Crippen LogP contribution < -0.4 is 4.74 Å². The molecule has 0 aromatic heterocycles. The number of carboxylic acids is 1. The van der Waals surface area contributed by atoms with Crippen molar-refractivity contribution in [3.63, 3.8) is 0 Å². The Morgan fingerprint density at radius 2 is 1.74 bits per heavy atom.